The molecule has 0 aliphatic heterocycles. The molecule has 0 unspecified atom stereocenters. The van der Waals surface area contributed by atoms with Crippen molar-refractivity contribution >= 4 is 23.9 Å². The van der Waals surface area contributed by atoms with Crippen LogP contribution in [-0.4, -0.2) is 50.3 Å². The van der Waals surface area contributed by atoms with Crippen LogP contribution in [0.5, 0.6) is 11.5 Å². The van der Waals surface area contributed by atoms with Gasteiger partial charge in [-0.25, -0.2) is 9.59 Å². The van der Waals surface area contributed by atoms with Crippen LogP contribution in [0.2, 0.25) is 0 Å². The fraction of sp³-hybridized carbons (Fsp3) is 0.500. The number of rotatable bonds is 21. The number of aryl methyl sites for hydroxylation is 1. The van der Waals surface area contributed by atoms with E-state index in [0.717, 1.165) is 29.0 Å². The molecule has 1 aliphatic carbocycles. The van der Waals surface area contributed by atoms with Crippen LogP contribution in [0.4, 0.5) is 0 Å². The molecule has 11 nitrogen and oxygen atoms in total. The van der Waals surface area contributed by atoms with E-state index in [1.807, 2.05) is 6.07 Å². The number of hydrogen-bond donors (Lipinski definition) is 0. The minimum absolute atomic E-state index is 0.0776. The highest BCUT2D eigenvalue weighted by molar-refractivity contribution is 5.89. The highest BCUT2D eigenvalue weighted by Crippen LogP contribution is 2.41. The fourth-order valence-corrected chi connectivity index (χ4v) is 6.49. The third-order valence-electron chi connectivity index (χ3n) is 9.77. The Morgan fingerprint density at radius 1 is 0.764 bits per heavy atom. The molecule has 1 fully saturated rings. The number of ether oxygens (including phenoxy) is 5. The van der Waals surface area contributed by atoms with Gasteiger partial charge in [-0.2, -0.15) is 10.5 Å². The van der Waals surface area contributed by atoms with Gasteiger partial charge in [0.25, 0.3) is 0 Å². The van der Waals surface area contributed by atoms with Crippen molar-refractivity contribution in [2.24, 2.45) is 11.3 Å². The van der Waals surface area contributed by atoms with E-state index in [1.54, 1.807) is 24.3 Å². The first kappa shape index (κ1) is 44.0. The zero-order valence-corrected chi connectivity index (χ0v) is 32.7. The number of esters is 4. The van der Waals surface area contributed by atoms with E-state index in [9.17, 15) is 19.2 Å². The summed E-state index contributed by atoms with van der Waals surface area (Å²) in [5.74, 6) is -1.63. The second-order valence-corrected chi connectivity index (χ2v) is 14.5. The van der Waals surface area contributed by atoms with Gasteiger partial charge >= 0.3 is 23.9 Å². The maximum atomic E-state index is 12.9. The molecule has 0 bridgehead atoms. The Labute approximate surface area is 325 Å². The smallest absolute Gasteiger partial charge is 0.338 e. The van der Waals surface area contributed by atoms with Gasteiger partial charge in [0.15, 0.2) is 11.5 Å². The van der Waals surface area contributed by atoms with Crippen LogP contribution in [0.3, 0.4) is 0 Å². The predicted molar refractivity (Wildman–Crippen MR) is 207 cm³/mol. The van der Waals surface area contributed by atoms with Crippen molar-refractivity contribution in [3.05, 3.63) is 71.8 Å². The third kappa shape index (κ3) is 13.7. The molecule has 0 atom stereocenters. The summed E-state index contributed by atoms with van der Waals surface area (Å²) < 4.78 is 28.0. The molecule has 0 radical (unpaired) electrons. The molecular weight excluding hydrogens is 700 g/mol. The topological polar surface area (TPSA) is 162 Å². The SMILES string of the molecule is C=C(C)C(=O)OCC(COC(=O)CC#N)(COC(=O)CC#N)COc1ccc(-c2ccc(C3CCC(CCCCC)CC3)cc2CC)cc1OC(=O)C(=C)C. The molecule has 55 heavy (non-hydrogen) atoms. The molecule has 0 spiro atoms. The maximum absolute atomic E-state index is 12.9. The highest BCUT2D eigenvalue weighted by atomic mass is 16.6. The Kier molecular flexibility index (Phi) is 17.7. The number of carbonyl (C=O) groups excluding carboxylic acids is 4. The molecule has 294 valence electrons. The molecule has 1 aliphatic rings. The van der Waals surface area contributed by atoms with Gasteiger partial charge in [0, 0.05) is 11.1 Å². The Bertz CT molecular complexity index is 1740. The van der Waals surface area contributed by atoms with E-state index < -0.39 is 62.0 Å². The molecule has 0 saturated heterocycles. The van der Waals surface area contributed by atoms with Gasteiger partial charge in [0.05, 0.1) is 12.1 Å². The molecule has 0 aromatic heterocycles. The van der Waals surface area contributed by atoms with Crippen molar-refractivity contribution in [1.29, 1.82) is 10.5 Å². The summed E-state index contributed by atoms with van der Waals surface area (Å²) in [6, 6.07) is 15.2. The van der Waals surface area contributed by atoms with Crippen molar-refractivity contribution < 1.29 is 42.9 Å². The summed E-state index contributed by atoms with van der Waals surface area (Å²) in [5.41, 5.74) is 3.00. The lowest BCUT2D eigenvalue weighted by atomic mass is 9.76. The number of carbonyl (C=O) groups is 4. The number of nitriles is 2. The molecule has 2 aromatic rings. The average Bonchev–Trinajstić information content (AvgIpc) is 3.17. The first-order chi connectivity index (χ1) is 26.3. The fourth-order valence-electron chi connectivity index (χ4n) is 6.49. The largest absolute Gasteiger partial charge is 0.489 e. The molecule has 0 N–H and O–H groups in total. The van der Waals surface area contributed by atoms with Gasteiger partial charge in [-0.15, -0.1) is 0 Å². The molecule has 11 heteroatoms. The second kappa shape index (κ2) is 22.1. The van der Waals surface area contributed by atoms with Gasteiger partial charge in [0.2, 0.25) is 0 Å². The summed E-state index contributed by atoms with van der Waals surface area (Å²) in [4.78, 5) is 49.8. The lowest BCUT2D eigenvalue weighted by Crippen LogP contribution is -2.44. The van der Waals surface area contributed by atoms with Gasteiger partial charge in [-0.1, -0.05) is 77.0 Å². The number of benzene rings is 2. The summed E-state index contributed by atoms with van der Waals surface area (Å²) in [5, 5.41) is 18.0. The van der Waals surface area contributed by atoms with E-state index in [4.69, 9.17) is 34.2 Å². The van der Waals surface area contributed by atoms with E-state index in [0.29, 0.717) is 5.92 Å². The Morgan fingerprint density at radius 3 is 1.95 bits per heavy atom. The first-order valence-corrected chi connectivity index (χ1v) is 19.0. The summed E-state index contributed by atoms with van der Waals surface area (Å²) in [7, 11) is 0. The normalized spacial score (nSPS) is 15.1. The van der Waals surface area contributed by atoms with Crippen molar-refractivity contribution in [2.75, 3.05) is 26.4 Å². The van der Waals surface area contributed by atoms with Crippen molar-refractivity contribution in [3.8, 4) is 34.8 Å². The van der Waals surface area contributed by atoms with Gasteiger partial charge in [-0.3, -0.25) is 9.59 Å². The number of hydrogen-bond acceptors (Lipinski definition) is 11. The van der Waals surface area contributed by atoms with Crippen LogP contribution < -0.4 is 9.47 Å². The molecule has 3 rings (SSSR count). The van der Waals surface area contributed by atoms with E-state index in [1.165, 1.54) is 70.8 Å². The average molecular weight is 755 g/mol. The minimum atomic E-state index is -1.52. The summed E-state index contributed by atoms with van der Waals surface area (Å²) in [6.07, 6.45) is 9.78. The second-order valence-electron chi connectivity index (χ2n) is 14.5. The lowest BCUT2D eigenvalue weighted by molar-refractivity contribution is -0.162. The standard InChI is InChI=1S/C44H54N2O9/c1-7-9-10-11-32-12-14-34(15-13-32)35-16-18-37(33(8-2)24-35)36-17-19-38(39(25-36)55-43(50)31(5)6)51-26-44(27-52-40(47)20-22-45,28-53-41(48)21-23-46)29-54-42(49)30(3)4/h16-19,24-25,32,34H,3,5,7-15,20-21,26-29H2,1-2,4,6H3. The predicted octanol–water partition coefficient (Wildman–Crippen LogP) is 8.65. The van der Waals surface area contributed by atoms with E-state index in [2.05, 4.69) is 45.2 Å². The lowest BCUT2D eigenvalue weighted by Gasteiger charge is -2.32. The van der Waals surface area contributed by atoms with Crippen LogP contribution in [0.25, 0.3) is 11.1 Å². The first-order valence-electron chi connectivity index (χ1n) is 19.0. The summed E-state index contributed by atoms with van der Waals surface area (Å²) in [6.45, 7) is 12.8. The third-order valence-corrected chi connectivity index (χ3v) is 9.77. The number of unbranched alkanes of at least 4 members (excludes halogenated alkanes) is 2. The van der Waals surface area contributed by atoms with Crippen LogP contribution in [0, 0.1) is 34.0 Å². The van der Waals surface area contributed by atoms with E-state index in [-0.39, 0.29) is 29.3 Å². The van der Waals surface area contributed by atoms with Crippen molar-refractivity contribution in [3.63, 3.8) is 0 Å². The molecule has 2 aromatic carbocycles. The quantitative estimate of drug-likeness (QED) is 0.0394. The zero-order valence-electron chi connectivity index (χ0n) is 32.7. The monoisotopic (exact) mass is 754 g/mol. The minimum Gasteiger partial charge on any atom is -0.489 e. The van der Waals surface area contributed by atoms with E-state index >= 15 is 0 Å². The van der Waals surface area contributed by atoms with Crippen LogP contribution in [0.15, 0.2) is 60.7 Å². The Hall–Kier alpha value is -5.42. The zero-order chi connectivity index (χ0) is 40.4. The highest BCUT2D eigenvalue weighted by Gasteiger charge is 2.38. The van der Waals surface area contributed by atoms with Crippen molar-refractivity contribution in [2.45, 2.75) is 104 Å². The summed E-state index contributed by atoms with van der Waals surface area (Å²) >= 11 is 0. The molecular formula is C44H54N2O9. The molecule has 0 heterocycles. The maximum Gasteiger partial charge on any atom is 0.338 e. The Balaban J connectivity index is 1.96. The Morgan fingerprint density at radius 2 is 1.38 bits per heavy atom. The van der Waals surface area contributed by atoms with Gasteiger partial charge < -0.3 is 23.7 Å². The van der Waals surface area contributed by atoms with Crippen LogP contribution >= 0.6 is 0 Å². The van der Waals surface area contributed by atoms with Crippen LogP contribution in [0.1, 0.15) is 109 Å². The van der Waals surface area contributed by atoms with Crippen molar-refractivity contribution in [1.82, 2.24) is 0 Å². The molecule has 1 saturated carbocycles. The van der Waals surface area contributed by atoms with Crippen LogP contribution in [-0.2, 0) is 39.8 Å². The molecule has 0 amide bonds. The van der Waals surface area contributed by atoms with Gasteiger partial charge in [-0.05, 0) is 92.2 Å². The van der Waals surface area contributed by atoms with Gasteiger partial charge in [0.1, 0.15) is 44.7 Å². The number of nitrogens with zero attached hydrogens (tertiary/aromatic N) is 2.